The molecule has 0 aromatic heterocycles. The lowest BCUT2D eigenvalue weighted by Crippen LogP contribution is -2.48. The molecule has 1 atom stereocenters. The summed E-state index contributed by atoms with van der Waals surface area (Å²) in [7, 11) is 3.20. The molecular formula is C19H23NO5. The third kappa shape index (κ3) is 2.86. The minimum atomic E-state index is -0.628. The number of carbonyl (C=O) groups excluding carboxylic acids is 2. The lowest BCUT2D eigenvalue weighted by molar-refractivity contribution is -0.144. The zero-order valence-electron chi connectivity index (χ0n) is 14.8. The van der Waals surface area contributed by atoms with Crippen LogP contribution in [0.4, 0.5) is 0 Å². The molecule has 6 nitrogen and oxygen atoms in total. The van der Waals surface area contributed by atoms with Gasteiger partial charge in [-0.15, -0.1) is 0 Å². The predicted molar refractivity (Wildman–Crippen MR) is 91.6 cm³/mol. The predicted octanol–water partition coefficient (Wildman–Crippen LogP) is 2.20. The molecule has 134 valence electrons. The zero-order chi connectivity index (χ0) is 18.0. The summed E-state index contributed by atoms with van der Waals surface area (Å²) in [5.74, 6) is 1.01. The van der Waals surface area contributed by atoms with E-state index in [1.54, 1.807) is 27.2 Å². The van der Waals surface area contributed by atoms with Crippen LogP contribution in [-0.2, 0) is 26.3 Å². The highest BCUT2D eigenvalue weighted by atomic mass is 16.5. The van der Waals surface area contributed by atoms with Gasteiger partial charge >= 0.3 is 5.97 Å². The highest BCUT2D eigenvalue weighted by molar-refractivity contribution is 5.92. The molecule has 1 unspecified atom stereocenters. The number of esters is 1. The number of amides is 1. The standard InChI is InChI=1S/C19H23NO5/c1-4-25-18(22)6-9-19-8-5-17(21)20(19)10-7-13-11-15(23-2)16(24-3)12-14(13)19/h5,8,11-12H,4,6-7,9-10H2,1-3H3. The summed E-state index contributed by atoms with van der Waals surface area (Å²) in [6.45, 7) is 2.75. The van der Waals surface area contributed by atoms with Crippen LogP contribution in [0, 0.1) is 0 Å². The molecule has 2 heterocycles. The largest absolute Gasteiger partial charge is 0.493 e. The Morgan fingerprint density at radius 3 is 2.64 bits per heavy atom. The van der Waals surface area contributed by atoms with E-state index < -0.39 is 5.54 Å². The Morgan fingerprint density at radius 2 is 1.96 bits per heavy atom. The first kappa shape index (κ1) is 17.3. The molecule has 6 heteroatoms. The van der Waals surface area contributed by atoms with Crippen molar-refractivity contribution in [3.05, 3.63) is 35.4 Å². The highest BCUT2D eigenvalue weighted by Gasteiger charge is 2.46. The van der Waals surface area contributed by atoms with Crippen molar-refractivity contribution in [1.29, 1.82) is 0 Å². The monoisotopic (exact) mass is 345 g/mol. The summed E-state index contributed by atoms with van der Waals surface area (Å²) < 4.78 is 15.9. The van der Waals surface area contributed by atoms with Crippen molar-refractivity contribution < 1.29 is 23.8 Å². The number of rotatable bonds is 6. The fourth-order valence-corrected chi connectivity index (χ4v) is 3.77. The smallest absolute Gasteiger partial charge is 0.305 e. The van der Waals surface area contributed by atoms with Crippen LogP contribution in [0.1, 0.15) is 30.9 Å². The molecule has 0 aliphatic carbocycles. The van der Waals surface area contributed by atoms with Crippen LogP contribution in [-0.4, -0.2) is 44.1 Å². The second-order valence-electron chi connectivity index (χ2n) is 6.17. The molecule has 2 aliphatic heterocycles. The quantitative estimate of drug-likeness (QED) is 0.740. The first-order valence-corrected chi connectivity index (χ1v) is 8.47. The fourth-order valence-electron chi connectivity index (χ4n) is 3.77. The van der Waals surface area contributed by atoms with Crippen molar-refractivity contribution in [2.45, 2.75) is 31.7 Å². The highest BCUT2D eigenvalue weighted by Crippen LogP contribution is 2.47. The zero-order valence-corrected chi connectivity index (χ0v) is 14.8. The number of carbonyl (C=O) groups is 2. The second-order valence-corrected chi connectivity index (χ2v) is 6.17. The summed E-state index contributed by atoms with van der Waals surface area (Å²) in [5.41, 5.74) is 1.47. The van der Waals surface area contributed by atoms with E-state index in [4.69, 9.17) is 14.2 Å². The molecule has 3 rings (SSSR count). The first-order valence-electron chi connectivity index (χ1n) is 8.47. The molecule has 1 aromatic carbocycles. The molecular weight excluding hydrogens is 322 g/mol. The average Bonchev–Trinajstić information content (AvgIpc) is 2.96. The Hall–Kier alpha value is -2.50. The van der Waals surface area contributed by atoms with Gasteiger partial charge in [0.15, 0.2) is 11.5 Å². The van der Waals surface area contributed by atoms with Gasteiger partial charge in [-0.1, -0.05) is 0 Å². The topological polar surface area (TPSA) is 65.1 Å². The van der Waals surface area contributed by atoms with Crippen LogP contribution in [0.2, 0.25) is 0 Å². The molecule has 1 aromatic rings. The van der Waals surface area contributed by atoms with E-state index in [-0.39, 0.29) is 18.3 Å². The van der Waals surface area contributed by atoms with Gasteiger partial charge in [0.25, 0.3) is 0 Å². The van der Waals surface area contributed by atoms with E-state index in [9.17, 15) is 9.59 Å². The molecule has 25 heavy (non-hydrogen) atoms. The average molecular weight is 345 g/mol. The number of nitrogens with zero attached hydrogens (tertiary/aromatic N) is 1. The molecule has 0 N–H and O–H groups in total. The second kappa shape index (κ2) is 6.78. The number of hydrogen-bond acceptors (Lipinski definition) is 5. The summed E-state index contributed by atoms with van der Waals surface area (Å²) >= 11 is 0. The number of ether oxygens (including phenoxy) is 3. The van der Waals surface area contributed by atoms with Crippen LogP contribution in [0.25, 0.3) is 0 Å². The van der Waals surface area contributed by atoms with E-state index in [0.29, 0.717) is 31.1 Å². The van der Waals surface area contributed by atoms with Crippen LogP contribution in [0.3, 0.4) is 0 Å². The van der Waals surface area contributed by atoms with Crippen LogP contribution in [0.15, 0.2) is 24.3 Å². The number of fused-ring (bicyclic) bond motifs is 3. The molecule has 0 saturated heterocycles. The molecule has 0 fully saturated rings. The lowest BCUT2D eigenvalue weighted by atomic mass is 9.78. The maximum Gasteiger partial charge on any atom is 0.305 e. The maximum absolute atomic E-state index is 12.3. The Labute approximate surface area is 147 Å². The van der Waals surface area contributed by atoms with E-state index >= 15 is 0 Å². The molecule has 2 aliphatic rings. The third-order valence-electron chi connectivity index (χ3n) is 4.95. The van der Waals surface area contributed by atoms with Crippen molar-refractivity contribution in [3.8, 4) is 11.5 Å². The van der Waals surface area contributed by atoms with E-state index in [1.165, 1.54) is 0 Å². The van der Waals surface area contributed by atoms with Gasteiger partial charge in [0, 0.05) is 19.0 Å². The lowest BCUT2D eigenvalue weighted by Gasteiger charge is -2.43. The van der Waals surface area contributed by atoms with Crippen molar-refractivity contribution in [1.82, 2.24) is 4.90 Å². The Bertz CT molecular complexity index is 727. The maximum atomic E-state index is 12.3. The minimum absolute atomic E-state index is 0.0238. The molecule has 0 bridgehead atoms. The van der Waals surface area contributed by atoms with Crippen molar-refractivity contribution in [3.63, 3.8) is 0 Å². The van der Waals surface area contributed by atoms with Crippen molar-refractivity contribution in [2.75, 3.05) is 27.4 Å². The summed E-state index contributed by atoms with van der Waals surface area (Å²) in [5, 5.41) is 0. The fraction of sp³-hybridized carbons (Fsp3) is 0.474. The van der Waals surface area contributed by atoms with E-state index in [2.05, 4.69) is 0 Å². The van der Waals surface area contributed by atoms with Gasteiger partial charge in [0.2, 0.25) is 5.91 Å². The molecule has 1 amide bonds. The Morgan fingerprint density at radius 1 is 1.24 bits per heavy atom. The van der Waals surface area contributed by atoms with E-state index in [1.807, 2.05) is 23.1 Å². The molecule has 0 spiro atoms. The normalized spacial score (nSPS) is 20.9. The Balaban J connectivity index is 2.03. The van der Waals surface area contributed by atoms with Gasteiger partial charge in [0.05, 0.1) is 26.4 Å². The molecule has 0 radical (unpaired) electrons. The number of benzene rings is 1. The van der Waals surface area contributed by atoms with Crippen molar-refractivity contribution >= 4 is 11.9 Å². The van der Waals surface area contributed by atoms with Gasteiger partial charge in [0.1, 0.15) is 0 Å². The van der Waals surface area contributed by atoms with Crippen LogP contribution in [0.5, 0.6) is 11.5 Å². The SMILES string of the molecule is CCOC(=O)CCC12C=CC(=O)N1CCc1cc(OC)c(OC)cc12. The van der Waals surface area contributed by atoms with Crippen molar-refractivity contribution in [2.24, 2.45) is 0 Å². The van der Waals surface area contributed by atoms with Gasteiger partial charge in [-0.05, 0) is 49.1 Å². The third-order valence-corrected chi connectivity index (χ3v) is 4.95. The summed E-state index contributed by atoms with van der Waals surface area (Å²) in [6, 6.07) is 3.89. The van der Waals surface area contributed by atoms with Gasteiger partial charge in [-0.3, -0.25) is 9.59 Å². The summed E-state index contributed by atoms with van der Waals surface area (Å²) in [6.07, 6.45) is 4.96. The number of hydrogen-bond donors (Lipinski definition) is 0. The minimum Gasteiger partial charge on any atom is -0.493 e. The number of methoxy groups -OCH3 is 2. The first-order chi connectivity index (χ1) is 12.1. The van der Waals surface area contributed by atoms with Crippen LogP contribution < -0.4 is 9.47 Å². The van der Waals surface area contributed by atoms with Gasteiger partial charge in [-0.2, -0.15) is 0 Å². The van der Waals surface area contributed by atoms with Gasteiger partial charge < -0.3 is 19.1 Å². The van der Waals surface area contributed by atoms with Crippen LogP contribution >= 0.6 is 0 Å². The Kier molecular flexibility index (Phi) is 4.70. The molecule has 0 saturated carbocycles. The summed E-state index contributed by atoms with van der Waals surface area (Å²) in [4.78, 5) is 26.1. The van der Waals surface area contributed by atoms with Gasteiger partial charge in [-0.25, -0.2) is 0 Å². The van der Waals surface area contributed by atoms with E-state index in [0.717, 1.165) is 17.5 Å².